The zero-order chi connectivity index (χ0) is 37.5. The zero-order valence-electron chi connectivity index (χ0n) is 32.3. The van der Waals surface area contributed by atoms with Crippen molar-refractivity contribution in [2.24, 2.45) is 0 Å². The third kappa shape index (κ3) is 38.6. The number of rotatable bonds is 40. The lowest BCUT2D eigenvalue weighted by Crippen LogP contribution is -2.24. The van der Waals surface area contributed by atoms with Crippen LogP contribution in [0.25, 0.3) is 0 Å². The van der Waals surface area contributed by atoms with Crippen LogP contribution in [0.4, 0.5) is 0 Å². The molecule has 0 saturated carbocycles. The highest BCUT2D eigenvalue weighted by Crippen LogP contribution is 2.13. The van der Waals surface area contributed by atoms with Gasteiger partial charge in [-0.3, -0.25) is 4.79 Å². The second-order valence-corrected chi connectivity index (χ2v) is 12.4. The molecule has 1 rings (SSSR count). The zero-order valence-corrected chi connectivity index (χ0v) is 32.3. The molecule has 0 bridgehead atoms. The Hall–Kier alpha value is -1.09. The Balaban J connectivity index is 1.61. The summed E-state index contributed by atoms with van der Waals surface area (Å²) in [6, 6.07) is 0. The molecular formula is C36H70O16. The van der Waals surface area contributed by atoms with Crippen molar-refractivity contribution in [1.29, 1.82) is 0 Å². The smallest absolute Gasteiger partial charge is 0.308 e. The van der Waals surface area contributed by atoms with Gasteiger partial charge in [-0.05, 0) is 40.0 Å². The SMILES string of the molecule is CC(C)(C)OC(=O)CCOCCOCCOCCOCCOCCOCCOCCOCCOCCOCCOCCOCCOC1CCCCO1. The summed E-state index contributed by atoms with van der Waals surface area (Å²) in [5, 5.41) is 0. The fraction of sp³-hybridized carbons (Fsp3) is 0.972. The Labute approximate surface area is 311 Å². The standard InChI is InChI=1S/C36H70O16/c1-36(2,3)52-34(37)7-9-38-10-11-39-12-13-40-14-15-41-16-17-42-18-19-43-20-21-44-22-23-45-24-25-46-26-27-47-28-29-48-30-31-49-32-33-51-35-6-4-5-8-50-35/h35H,4-33H2,1-3H3. The molecule has 16 heteroatoms. The number of ether oxygens (including phenoxy) is 15. The molecule has 1 aliphatic heterocycles. The largest absolute Gasteiger partial charge is 0.460 e. The van der Waals surface area contributed by atoms with E-state index in [1.807, 2.05) is 20.8 Å². The summed E-state index contributed by atoms with van der Waals surface area (Å²) in [4.78, 5) is 11.6. The van der Waals surface area contributed by atoms with Crippen molar-refractivity contribution in [3.8, 4) is 0 Å². The van der Waals surface area contributed by atoms with E-state index in [1.54, 1.807) is 0 Å². The highest BCUT2D eigenvalue weighted by molar-refractivity contribution is 5.69. The summed E-state index contributed by atoms with van der Waals surface area (Å²) in [6.45, 7) is 18.5. The third-order valence-electron chi connectivity index (χ3n) is 6.63. The van der Waals surface area contributed by atoms with Crippen LogP contribution in [0, 0.1) is 0 Å². The van der Waals surface area contributed by atoms with Crippen LogP contribution >= 0.6 is 0 Å². The van der Waals surface area contributed by atoms with Gasteiger partial charge in [0.2, 0.25) is 0 Å². The van der Waals surface area contributed by atoms with Crippen molar-refractivity contribution in [2.75, 3.05) is 172 Å². The van der Waals surface area contributed by atoms with Crippen molar-refractivity contribution >= 4 is 5.97 Å². The van der Waals surface area contributed by atoms with Crippen LogP contribution in [-0.4, -0.2) is 190 Å². The molecule has 1 saturated heterocycles. The average Bonchev–Trinajstić information content (AvgIpc) is 3.12. The molecule has 0 amide bonds. The molecule has 1 atom stereocenters. The van der Waals surface area contributed by atoms with E-state index in [-0.39, 0.29) is 18.7 Å². The molecular weight excluding hydrogens is 688 g/mol. The Morgan fingerprint density at radius 3 is 1.00 bits per heavy atom. The molecule has 16 nitrogen and oxygen atoms in total. The normalized spacial score (nSPS) is 15.0. The fourth-order valence-electron chi connectivity index (χ4n) is 4.15. The van der Waals surface area contributed by atoms with Crippen molar-refractivity contribution in [1.82, 2.24) is 0 Å². The third-order valence-corrected chi connectivity index (χ3v) is 6.63. The van der Waals surface area contributed by atoms with Crippen molar-refractivity contribution < 1.29 is 75.8 Å². The van der Waals surface area contributed by atoms with Crippen LogP contribution in [0.3, 0.4) is 0 Å². The molecule has 0 aromatic rings. The Morgan fingerprint density at radius 1 is 0.442 bits per heavy atom. The minimum absolute atomic E-state index is 0.0704. The van der Waals surface area contributed by atoms with Crippen LogP contribution < -0.4 is 0 Å². The first kappa shape index (κ1) is 48.9. The predicted molar refractivity (Wildman–Crippen MR) is 190 cm³/mol. The van der Waals surface area contributed by atoms with Crippen LogP contribution in [0.15, 0.2) is 0 Å². The van der Waals surface area contributed by atoms with Crippen molar-refractivity contribution in [2.45, 2.75) is 58.3 Å². The molecule has 52 heavy (non-hydrogen) atoms. The summed E-state index contributed by atoms with van der Waals surface area (Å²) in [5.74, 6) is -0.266. The molecule has 0 aliphatic carbocycles. The van der Waals surface area contributed by atoms with Gasteiger partial charge in [0.05, 0.1) is 172 Å². The van der Waals surface area contributed by atoms with E-state index in [0.29, 0.717) is 165 Å². The highest BCUT2D eigenvalue weighted by Gasteiger charge is 2.16. The molecule has 1 heterocycles. The Morgan fingerprint density at radius 2 is 0.731 bits per heavy atom. The van der Waals surface area contributed by atoms with Gasteiger partial charge in [0.15, 0.2) is 6.29 Å². The lowest BCUT2D eigenvalue weighted by Gasteiger charge is -2.22. The second-order valence-electron chi connectivity index (χ2n) is 12.4. The Kier molecular flexibility index (Phi) is 35.9. The molecule has 1 fully saturated rings. The lowest BCUT2D eigenvalue weighted by atomic mass is 10.2. The number of hydrogen-bond acceptors (Lipinski definition) is 16. The minimum atomic E-state index is -0.475. The van der Waals surface area contributed by atoms with Gasteiger partial charge in [0.1, 0.15) is 5.60 Å². The quantitative estimate of drug-likeness (QED) is 0.0663. The van der Waals surface area contributed by atoms with Crippen LogP contribution in [0.1, 0.15) is 46.5 Å². The van der Waals surface area contributed by atoms with Gasteiger partial charge < -0.3 is 71.1 Å². The molecule has 1 unspecified atom stereocenters. The van der Waals surface area contributed by atoms with E-state index in [0.717, 1.165) is 25.9 Å². The monoisotopic (exact) mass is 758 g/mol. The summed E-state index contributed by atoms with van der Waals surface area (Å²) in [6.07, 6.45) is 3.41. The summed E-state index contributed by atoms with van der Waals surface area (Å²) < 4.78 is 82.0. The van der Waals surface area contributed by atoms with Gasteiger partial charge in [-0.25, -0.2) is 0 Å². The van der Waals surface area contributed by atoms with Gasteiger partial charge in [0, 0.05) is 6.61 Å². The van der Waals surface area contributed by atoms with E-state index in [1.165, 1.54) is 0 Å². The Bertz CT molecular complexity index is 736. The van der Waals surface area contributed by atoms with E-state index in [9.17, 15) is 4.79 Å². The topological polar surface area (TPSA) is 156 Å². The predicted octanol–water partition coefficient (Wildman–Crippen LogP) is 2.46. The maximum Gasteiger partial charge on any atom is 0.308 e. The summed E-state index contributed by atoms with van der Waals surface area (Å²) in [7, 11) is 0. The molecule has 0 radical (unpaired) electrons. The fourth-order valence-corrected chi connectivity index (χ4v) is 4.15. The van der Waals surface area contributed by atoms with Crippen molar-refractivity contribution in [3.05, 3.63) is 0 Å². The van der Waals surface area contributed by atoms with Crippen LogP contribution in [0.2, 0.25) is 0 Å². The van der Waals surface area contributed by atoms with Crippen LogP contribution in [-0.2, 0) is 75.8 Å². The molecule has 0 N–H and O–H groups in total. The first-order chi connectivity index (χ1) is 25.5. The maximum atomic E-state index is 11.6. The van der Waals surface area contributed by atoms with E-state index >= 15 is 0 Å². The molecule has 0 aromatic heterocycles. The molecule has 0 aromatic carbocycles. The van der Waals surface area contributed by atoms with E-state index < -0.39 is 5.60 Å². The average molecular weight is 759 g/mol. The van der Waals surface area contributed by atoms with E-state index in [4.69, 9.17) is 71.1 Å². The maximum absolute atomic E-state index is 11.6. The summed E-state index contributed by atoms with van der Waals surface area (Å²) in [5.41, 5.74) is -0.475. The highest BCUT2D eigenvalue weighted by atomic mass is 16.7. The number of carbonyl (C=O) groups excluding carboxylic acids is 1. The molecule has 1 aliphatic rings. The van der Waals surface area contributed by atoms with Gasteiger partial charge in [-0.2, -0.15) is 0 Å². The first-order valence-electron chi connectivity index (χ1n) is 18.9. The lowest BCUT2D eigenvalue weighted by molar-refractivity contribution is -0.169. The summed E-state index contributed by atoms with van der Waals surface area (Å²) >= 11 is 0. The number of carbonyl (C=O) groups is 1. The number of esters is 1. The second kappa shape index (κ2) is 38.2. The van der Waals surface area contributed by atoms with Gasteiger partial charge in [-0.15, -0.1) is 0 Å². The van der Waals surface area contributed by atoms with Crippen molar-refractivity contribution in [3.63, 3.8) is 0 Å². The minimum Gasteiger partial charge on any atom is -0.460 e. The van der Waals surface area contributed by atoms with Crippen LogP contribution in [0.5, 0.6) is 0 Å². The van der Waals surface area contributed by atoms with E-state index in [2.05, 4.69) is 0 Å². The van der Waals surface area contributed by atoms with Gasteiger partial charge >= 0.3 is 5.97 Å². The van der Waals surface area contributed by atoms with Gasteiger partial charge in [0.25, 0.3) is 0 Å². The van der Waals surface area contributed by atoms with Gasteiger partial charge in [-0.1, -0.05) is 0 Å². The molecule has 0 spiro atoms. The first-order valence-corrected chi connectivity index (χ1v) is 18.9. The number of hydrogen-bond donors (Lipinski definition) is 0. The molecule has 310 valence electrons.